The highest BCUT2D eigenvalue weighted by Crippen LogP contribution is 2.40. The maximum Gasteiger partial charge on any atom is 0.287 e. The lowest BCUT2D eigenvalue weighted by atomic mass is 10.2. The summed E-state index contributed by atoms with van der Waals surface area (Å²) in [5.74, 6) is 0.620. The summed E-state index contributed by atoms with van der Waals surface area (Å²) in [5.41, 5.74) is 2.65. The van der Waals surface area contributed by atoms with Crippen LogP contribution in [-0.2, 0) is 7.05 Å². The van der Waals surface area contributed by atoms with Gasteiger partial charge >= 0.3 is 0 Å². The molecule has 0 bridgehead atoms. The van der Waals surface area contributed by atoms with E-state index >= 15 is 0 Å². The fourth-order valence-corrected chi connectivity index (χ4v) is 2.01. The average Bonchev–Trinajstić information content (AvgIpc) is 3.13. The lowest BCUT2D eigenvalue weighted by Crippen LogP contribution is -1.96. The molecule has 3 rings (SSSR count). The Kier molecular flexibility index (Phi) is 2.36. The summed E-state index contributed by atoms with van der Waals surface area (Å²) in [5, 5.41) is 15.0. The summed E-state index contributed by atoms with van der Waals surface area (Å²) in [4.78, 5) is 14.2. The minimum Gasteiger partial charge on any atom is -0.272 e. The molecule has 0 unspecified atom stereocenters. The molecule has 18 heavy (non-hydrogen) atoms. The van der Waals surface area contributed by atoms with E-state index in [0.29, 0.717) is 11.6 Å². The van der Waals surface area contributed by atoms with E-state index in [-0.39, 0.29) is 5.69 Å². The van der Waals surface area contributed by atoms with Crippen LogP contribution in [-0.4, -0.2) is 19.7 Å². The standard InChI is InChI=1S/C12H12N4O2/c1-15-12(8-2-3-8)6-11(14-15)10-5-4-9(7-13-10)16(17)18/h4-8H,2-3H2,1H3. The van der Waals surface area contributed by atoms with Gasteiger partial charge in [0.05, 0.1) is 10.6 Å². The van der Waals surface area contributed by atoms with Gasteiger partial charge in [0.25, 0.3) is 5.69 Å². The predicted molar refractivity (Wildman–Crippen MR) is 65.1 cm³/mol. The SMILES string of the molecule is Cn1nc(-c2ccc([N+](=O)[O-])cn2)cc1C1CC1. The van der Waals surface area contributed by atoms with E-state index in [9.17, 15) is 10.1 Å². The van der Waals surface area contributed by atoms with E-state index in [4.69, 9.17) is 0 Å². The zero-order valence-corrected chi connectivity index (χ0v) is 9.91. The summed E-state index contributed by atoms with van der Waals surface area (Å²) in [7, 11) is 1.92. The van der Waals surface area contributed by atoms with Crippen molar-refractivity contribution in [2.75, 3.05) is 0 Å². The van der Waals surface area contributed by atoms with E-state index in [2.05, 4.69) is 10.1 Å². The number of nitrogens with zero attached hydrogens (tertiary/aromatic N) is 4. The highest BCUT2D eigenvalue weighted by molar-refractivity contribution is 5.56. The molecular weight excluding hydrogens is 232 g/mol. The molecule has 6 nitrogen and oxygen atoms in total. The molecule has 1 saturated carbocycles. The number of pyridine rings is 1. The van der Waals surface area contributed by atoms with Crippen molar-refractivity contribution >= 4 is 5.69 Å². The summed E-state index contributed by atoms with van der Waals surface area (Å²) in [6.45, 7) is 0. The van der Waals surface area contributed by atoms with Gasteiger partial charge in [-0.15, -0.1) is 0 Å². The van der Waals surface area contributed by atoms with Crippen LogP contribution in [0, 0.1) is 10.1 Å². The van der Waals surface area contributed by atoms with Gasteiger partial charge < -0.3 is 0 Å². The van der Waals surface area contributed by atoms with Crippen LogP contribution in [0.3, 0.4) is 0 Å². The van der Waals surface area contributed by atoms with Crippen LogP contribution < -0.4 is 0 Å². The summed E-state index contributed by atoms with van der Waals surface area (Å²) < 4.78 is 1.87. The maximum atomic E-state index is 10.6. The third kappa shape index (κ3) is 1.85. The Hall–Kier alpha value is -2.24. The van der Waals surface area contributed by atoms with Crippen molar-refractivity contribution in [1.29, 1.82) is 0 Å². The third-order valence-electron chi connectivity index (χ3n) is 3.13. The largest absolute Gasteiger partial charge is 0.287 e. The molecular formula is C12H12N4O2. The van der Waals surface area contributed by atoms with Crippen molar-refractivity contribution in [2.45, 2.75) is 18.8 Å². The molecule has 1 fully saturated rings. The molecule has 0 aromatic carbocycles. The molecule has 0 N–H and O–H groups in total. The van der Waals surface area contributed by atoms with E-state index in [0.717, 1.165) is 5.69 Å². The molecule has 2 heterocycles. The number of nitro groups is 1. The molecule has 0 aliphatic heterocycles. The van der Waals surface area contributed by atoms with Crippen LogP contribution in [0.1, 0.15) is 24.5 Å². The van der Waals surface area contributed by atoms with E-state index < -0.39 is 4.92 Å². The maximum absolute atomic E-state index is 10.6. The van der Waals surface area contributed by atoms with Gasteiger partial charge in [-0.25, -0.2) is 4.98 Å². The Morgan fingerprint density at radius 3 is 2.72 bits per heavy atom. The Labute approximate surface area is 103 Å². The van der Waals surface area contributed by atoms with Gasteiger partial charge in [-0.2, -0.15) is 5.10 Å². The average molecular weight is 244 g/mol. The van der Waals surface area contributed by atoms with E-state index in [1.54, 1.807) is 6.07 Å². The minimum absolute atomic E-state index is 0.00269. The van der Waals surface area contributed by atoms with Crippen molar-refractivity contribution in [1.82, 2.24) is 14.8 Å². The van der Waals surface area contributed by atoms with Crippen molar-refractivity contribution in [3.63, 3.8) is 0 Å². The highest BCUT2D eigenvalue weighted by Gasteiger charge is 2.27. The molecule has 0 atom stereocenters. The van der Waals surface area contributed by atoms with Gasteiger partial charge in [0.2, 0.25) is 0 Å². The Bertz CT molecular complexity index is 599. The number of hydrogen-bond acceptors (Lipinski definition) is 4. The fourth-order valence-electron chi connectivity index (χ4n) is 2.01. The van der Waals surface area contributed by atoms with Gasteiger partial charge in [-0.1, -0.05) is 0 Å². The molecule has 2 aromatic rings. The molecule has 6 heteroatoms. The van der Waals surface area contributed by atoms with Gasteiger partial charge in [0, 0.05) is 24.7 Å². The lowest BCUT2D eigenvalue weighted by Gasteiger charge is -1.95. The summed E-state index contributed by atoms with van der Waals surface area (Å²) in [6, 6.07) is 5.11. The van der Waals surface area contributed by atoms with Crippen LogP contribution in [0.2, 0.25) is 0 Å². The number of aryl methyl sites for hydroxylation is 1. The second-order valence-corrected chi connectivity index (χ2v) is 4.51. The first-order valence-corrected chi connectivity index (χ1v) is 5.80. The summed E-state index contributed by atoms with van der Waals surface area (Å²) in [6.07, 6.45) is 3.69. The highest BCUT2D eigenvalue weighted by atomic mass is 16.6. The zero-order valence-electron chi connectivity index (χ0n) is 9.91. The first-order chi connectivity index (χ1) is 8.65. The molecule has 1 aliphatic carbocycles. The smallest absolute Gasteiger partial charge is 0.272 e. The predicted octanol–water partition coefficient (Wildman–Crippen LogP) is 2.27. The molecule has 2 aromatic heterocycles. The molecule has 0 amide bonds. The van der Waals surface area contributed by atoms with Crippen LogP contribution in [0.5, 0.6) is 0 Å². The lowest BCUT2D eigenvalue weighted by molar-refractivity contribution is -0.385. The molecule has 0 radical (unpaired) electrons. The Morgan fingerprint density at radius 2 is 2.17 bits per heavy atom. The molecule has 1 aliphatic rings. The normalized spacial score (nSPS) is 14.7. The zero-order chi connectivity index (χ0) is 12.7. The van der Waals surface area contributed by atoms with Crippen molar-refractivity contribution in [3.05, 3.63) is 40.2 Å². The van der Waals surface area contributed by atoms with E-state index in [1.165, 1.54) is 30.8 Å². The van der Waals surface area contributed by atoms with Crippen LogP contribution >= 0.6 is 0 Å². The second kappa shape index (κ2) is 3.90. The molecule has 0 spiro atoms. The van der Waals surface area contributed by atoms with Gasteiger partial charge in [-0.3, -0.25) is 14.8 Å². The second-order valence-electron chi connectivity index (χ2n) is 4.51. The Balaban J connectivity index is 1.94. The van der Waals surface area contributed by atoms with Gasteiger partial charge in [0.15, 0.2) is 0 Å². The number of hydrogen-bond donors (Lipinski definition) is 0. The van der Waals surface area contributed by atoms with Gasteiger partial charge in [0.1, 0.15) is 11.9 Å². The number of aromatic nitrogens is 3. The van der Waals surface area contributed by atoms with Gasteiger partial charge in [-0.05, 0) is 25.0 Å². The Morgan fingerprint density at radius 1 is 1.39 bits per heavy atom. The third-order valence-corrected chi connectivity index (χ3v) is 3.13. The van der Waals surface area contributed by atoms with E-state index in [1.807, 2.05) is 17.8 Å². The quantitative estimate of drug-likeness (QED) is 0.613. The molecule has 92 valence electrons. The monoisotopic (exact) mass is 244 g/mol. The van der Waals surface area contributed by atoms with Crippen molar-refractivity contribution in [2.24, 2.45) is 7.05 Å². The number of rotatable bonds is 3. The van der Waals surface area contributed by atoms with Crippen LogP contribution in [0.4, 0.5) is 5.69 Å². The summed E-state index contributed by atoms with van der Waals surface area (Å²) >= 11 is 0. The van der Waals surface area contributed by atoms with Crippen LogP contribution in [0.25, 0.3) is 11.4 Å². The van der Waals surface area contributed by atoms with Crippen molar-refractivity contribution < 1.29 is 4.92 Å². The minimum atomic E-state index is -0.454. The van der Waals surface area contributed by atoms with Crippen molar-refractivity contribution in [3.8, 4) is 11.4 Å². The first-order valence-electron chi connectivity index (χ1n) is 5.80. The fraction of sp³-hybridized carbons (Fsp3) is 0.333. The topological polar surface area (TPSA) is 73.8 Å². The first kappa shape index (κ1) is 10.9. The molecule has 0 saturated heterocycles. The van der Waals surface area contributed by atoms with Crippen LogP contribution in [0.15, 0.2) is 24.4 Å².